The lowest BCUT2D eigenvalue weighted by Gasteiger charge is -2.34. The zero-order chi connectivity index (χ0) is 23.6. The van der Waals surface area contributed by atoms with Crippen molar-refractivity contribution >= 4 is 5.97 Å². The van der Waals surface area contributed by atoms with Crippen LogP contribution in [0.2, 0.25) is 0 Å². The Balaban J connectivity index is 1.98. The molecule has 0 spiro atoms. The average Bonchev–Trinajstić information content (AvgIpc) is 2.87. The van der Waals surface area contributed by atoms with E-state index < -0.39 is 18.1 Å². The lowest BCUT2D eigenvalue weighted by molar-refractivity contribution is -0.154. The predicted molar refractivity (Wildman–Crippen MR) is 127 cm³/mol. The highest BCUT2D eigenvalue weighted by atomic mass is 16.5. The fourth-order valence-electron chi connectivity index (χ4n) is 3.89. The minimum Gasteiger partial charge on any atom is -0.493 e. The lowest BCUT2D eigenvalue weighted by Crippen LogP contribution is -2.48. The van der Waals surface area contributed by atoms with E-state index in [0.717, 1.165) is 16.7 Å². The number of methoxy groups -OCH3 is 3. The molecule has 3 aromatic carbocycles. The van der Waals surface area contributed by atoms with Gasteiger partial charge < -0.3 is 19.3 Å². The summed E-state index contributed by atoms with van der Waals surface area (Å²) < 4.78 is 15.7. The third-order valence-corrected chi connectivity index (χ3v) is 5.63. The number of aliphatic hydroxyl groups is 1. The van der Waals surface area contributed by atoms with Gasteiger partial charge in [-0.1, -0.05) is 66.7 Å². The first-order chi connectivity index (χ1) is 16.0. The Morgan fingerprint density at radius 2 is 1.33 bits per heavy atom. The van der Waals surface area contributed by atoms with Crippen LogP contribution in [0.15, 0.2) is 78.9 Å². The van der Waals surface area contributed by atoms with Crippen molar-refractivity contribution < 1.29 is 24.1 Å². The molecule has 0 radical (unpaired) electrons. The maximum absolute atomic E-state index is 12.4. The minimum absolute atomic E-state index is 0.413. The number of aliphatic hydroxyl groups excluding tert-OH is 1. The highest BCUT2D eigenvalue weighted by Crippen LogP contribution is 2.29. The van der Waals surface area contributed by atoms with Gasteiger partial charge in [-0.3, -0.25) is 4.90 Å². The molecule has 6 nitrogen and oxygen atoms in total. The molecule has 6 heteroatoms. The van der Waals surface area contributed by atoms with E-state index in [1.54, 1.807) is 14.2 Å². The number of esters is 1. The maximum atomic E-state index is 12.4. The van der Waals surface area contributed by atoms with Crippen LogP contribution in [0.4, 0.5) is 0 Å². The molecule has 174 valence electrons. The van der Waals surface area contributed by atoms with Crippen LogP contribution in [-0.2, 0) is 29.0 Å². The van der Waals surface area contributed by atoms with Crippen molar-refractivity contribution in [3.63, 3.8) is 0 Å². The van der Waals surface area contributed by atoms with Gasteiger partial charge >= 0.3 is 5.97 Å². The normalized spacial score (nSPS) is 12.8. The fraction of sp³-hybridized carbons (Fsp3) is 0.296. The quantitative estimate of drug-likeness (QED) is 0.449. The number of benzene rings is 3. The summed E-state index contributed by atoms with van der Waals surface area (Å²) >= 11 is 0. The van der Waals surface area contributed by atoms with E-state index in [9.17, 15) is 9.90 Å². The molecular weight excluding hydrogens is 418 g/mol. The maximum Gasteiger partial charge on any atom is 0.336 e. The Hall–Kier alpha value is -3.35. The smallest absolute Gasteiger partial charge is 0.336 e. The van der Waals surface area contributed by atoms with E-state index in [2.05, 4.69) is 4.90 Å². The second-order valence-corrected chi connectivity index (χ2v) is 7.80. The van der Waals surface area contributed by atoms with Gasteiger partial charge in [0, 0.05) is 13.1 Å². The summed E-state index contributed by atoms with van der Waals surface area (Å²) in [5.74, 6) is 0.558. The van der Waals surface area contributed by atoms with Gasteiger partial charge in [-0.05, 0) is 35.2 Å². The molecule has 0 aliphatic rings. The van der Waals surface area contributed by atoms with Crippen LogP contribution in [0.1, 0.15) is 16.7 Å². The number of carbonyl (C=O) groups excluding carboxylic acids is 1. The summed E-state index contributed by atoms with van der Waals surface area (Å²) in [6, 6.07) is 25.1. The topological polar surface area (TPSA) is 68.2 Å². The number of hydrogen-bond acceptors (Lipinski definition) is 6. The first kappa shape index (κ1) is 24.3. The van der Waals surface area contributed by atoms with E-state index in [1.807, 2.05) is 78.9 Å². The number of rotatable bonds is 11. The van der Waals surface area contributed by atoms with Crippen molar-refractivity contribution in [3.05, 3.63) is 95.6 Å². The second kappa shape index (κ2) is 12.0. The van der Waals surface area contributed by atoms with Crippen molar-refractivity contribution in [2.45, 2.75) is 31.7 Å². The molecule has 3 aromatic rings. The predicted octanol–water partition coefficient (Wildman–Crippen LogP) is 3.85. The van der Waals surface area contributed by atoms with Crippen molar-refractivity contribution in [3.8, 4) is 11.5 Å². The van der Waals surface area contributed by atoms with Crippen LogP contribution >= 0.6 is 0 Å². The molecule has 33 heavy (non-hydrogen) atoms. The highest BCUT2D eigenvalue weighted by Gasteiger charge is 2.32. The Kier molecular flexibility index (Phi) is 8.87. The Bertz CT molecular complexity index is 968. The van der Waals surface area contributed by atoms with E-state index in [-0.39, 0.29) is 0 Å². The summed E-state index contributed by atoms with van der Waals surface area (Å²) in [7, 11) is 4.46. The molecule has 3 rings (SSSR count). The van der Waals surface area contributed by atoms with Crippen LogP contribution in [0.5, 0.6) is 11.5 Å². The molecule has 2 unspecified atom stereocenters. The molecule has 1 N–H and O–H groups in total. The number of nitrogens with zero attached hydrogens (tertiary/aromatic N) is 1. The zero-order valence-corrected chi connectivity index (χ0v) is 19.3. The molecule has 0 fully saturated rings. The molecule has 0 heterocycles. The van der Waals surface area contributed by atoms with Gasteiger partial charge in [0.2, 0.25) is 0 Å². The van der Waals surface area contributed by atoms with E-state index in [0.29, 0.717) is 31.0 Å². The van der Waals surface area contributed by atoms with Gasteiger partial charge in [0.1, 0.15) is 0 Å². The monoisotopic (exact) mass is 449 g/mol. The molecule has 0 bridgehead atoms. The van der Waals surface area contributed by atoms with Gasteiger partial charge in [-0.25, -0.2) is 4.79 Å². The molecule has 0 saturated carbocycles. The van der Waals surface area contributed by atoms with Crippen LogP contribution < -0.4 is 9.47 Å². The van der Waals surface area contributed by atoms with Crippen LogP contribution in [0.3, 0.4) is 0 Å². The van der Waals surface area contributed by atoms with Crippen LogP contribution in [0.25, 0.3) is 0 Å². The lowest BCUT2D eigenvalue weighted by atomic mass is 9.97. The van der Waals surface area contributed by atoms with Gasteiger partial charge in [0.05, 0.1) is 27.4 Å². The third-order valence-electron chi connectivity index (χ3n) is 5.63. The van der Waals surface area contributed by atoms with Gasteiger partial charge in [-0.15, -0.1) is 0 Å². The van der Waals surface area contributed by atoms with Crippen molar-refractivity contribution in [1.82, 2.24) is 4.90 Å². The summed E-state index contributed by atoms with van der Waals surface area (Å²) in [4.78, 5) is 14.5. The SMILES string of the molecule is COC(=O)C(O)C(Cc1ccc(OC)c(OC)c1)N(Cc1ccccc1)Cc1ccccc1. The zero-order valence-electron chi connectivity index (χ0n) is 19.3. The number of ether oxygens (including phenoxy) is 3. The number of hydrogen-bond donors (Lipinski definition) is 1. The highest BCUT2D eigenvalue weighted by molar-refractivity contribution is 5.75. The molecular formula is C27H31NO5. The van der Waals surface area contributed by atoms with Gasteiger partial charge in [0.25, 0.3) is 0 Å². The van der Waals surface area contributed by atoms with Crippen LogP contribution in [0, 0.1) is 0 Å². The minimum atomic E-state index is -1.32. The Morgan fingerprint density at radius 3 is 1.82 bits per heavy atom. The molecule has 0 amide bonds. The summed E-state index contributed by atoms with van der Waals surface area (Å²) in [6.07, 6.45) is -0.911. The standard InChI is InChI=1S/C27H31NO5/c1-31-24-15-14-22(17-25(24)32-2)16-23(26(29)27(30)33-3)28(18-20-10-6-4-7-11-20)19-21-12-8-5-9-13-21/h4-15,17,23,26,29H,16,18-19H2,1-3H3. The third kappa shape index (κ3) is 6.57. The molecule has 0 aliphatic heterocycles. The largest absolute Gasteiger partial charge is 0.493 e. The molecule has 2 atom stereocenters. The van der Waals surface area contributed by atoms with Crippen LogP contribution in [-0.4, -0.2) is 49.5 Å². The van der Waals surface area contributed by atoms with Gasteiger partial charge in [0.15, 0.2) is 17.6 Å². The molecule has 0 aromatic heterocycles. The summed E-state index contributed by atoms with van der Waals surface area (Å²) in [5, 5.41) is 11.0. The number of carbonyl (C=O) groups is 1. The molecule has 0 aliphatic carbocycles. The Morgan fingerprint density at radius 1 is 0.788 bits per heavy atom. The van der Waals surface area contributed by atoms with E-state index in [4.69, 9.17) is 14.2 Å². The fourth-order valence-corrected chi connectivity index (χ4v) is 3.89. The van der Waals surface area contributed by atoms with E-state index in [1.165, 1.54) is 7.11 Å². The van der Waals surface area contributed by atoms with Crippen molar-refractivity contribution in [2.75, 3.05) is 21.3 Å². The first-order valence-corrected chi connectivity index (χ1v) is 10.8. The second-order valence-electron chi connectivity index (χ2n) is 7.80. The summed E-state index contributed by atoms with van der Waals surface area (Å²) in [5.41, 5.74) is 3.08. The Labute approximate surface area is 195 Å². The van der Waals surface area contributed by atoms with E-state index >= 15 is 0 Å². The molecule has 0 saturated heterocycles. The van der Waals surface area contributed by atoms with Crippen molar-refractivity contribution in [1.29, 1.82) is 0 Å². The average molecular weight is 450 g/mol. The van der Waals surface area contributed by atoms with Gasteiger partial charge in [-0.2, -0.15) is 0 Å². The van der Waals surface area contributed by atoms with Crippen molar-refractivity contribution in [2.24, 2.45) is 0 Å². The first-order valence-electron chi connectivity index (χ1n) is 10.8. The summed E-state index contributed by atoms with van der Waals surface area (Å²) in [6.45, 7) is 1.11.